The summed E-state index contributed by atoms with van der Waals surface area (Å²) in [5, 5.41) is 0. The number of benzene rings is 4. The summed E-state index contributed by atoms with van der Waals surface area (Å²) < 4.78 is 29.4. The van der Waals surface area contributed by atoms with Gasteiger partial charge < -0.3 is 18.9 Å². The highest BCUT2D eigenvalue weighted by molar-refractivity contribution is 14.1. The third kappa shape index (κ3) is 10.2. The van der Waals surface area contributed by atoms with Crippen molar-refractivity contribution in [1.82, 2.24) is 0 Å². The molecule has 8 rings (SSSR count). The third-order valence-corrected chi connectivity index (χ3v) is 21.1. The van der Waals surface area contributed by atoms with Gasteiger partial charge in [0.05, 0.1) is 22.3 Å². The van der Waals surface area contributed by atoms with Gasteiger partial charge in [0.1, 0.15) is 23.6 Å². The van der Waals surface area contributed by atoms with E-state index < -0.39 is 47.2 Å². The summed E-state index contributed by atoms with van der Waals surface area (Å²) in [6.45, 7) is 17.0. The molecule has 13 heteroatoms. The number of esters is 4. The van der Waals surface area contributed by atoms with Crippen molar-refractivity contribution in [2.75, 3.05) is 0 Å². The minimum absolute atomic E-state index is 0.0235. The summed E-state index contributed by atoms with van der Waals surface area (Å²) in [5.41, 5.74) is 1.16. The fourth-order valence-electron chi connectivity index (χ4n) is 13.6. The van der Waals surface area contributed by atoms with Crippen molar-refractivity contribution in [3.8, 4) is 0 Å². The number of ketones is 1. The number of halogens is 4. The Labute approximate surface area is 473 Å². The zero-order chi connectivity index (χ0) is 51.4. The Hall–Kier alpha value is -2.91. The van der Waals surface area contributed by atoms with Crippen LogP contribution in [0.5, 0.6) is 0 Å². The molecular formula is C58H62I4O9. The van der Waals surface area contributed by atoms with Crippen LogP contribution in [0.4, 0.5) is 0 Å². The molecule has 9 atom stereocenters. The molecule has 9 nitrogen and oxygen atoms in total. The van der Waals surface area contributed by atoms with Crippen LogP contribution in [0, 0.1) is 53.7 Å². The molecule has 0 N–H and O–H groups in total. The van der Waals surface area contributed by atoms with Gasteiger partial charge in [-0.1, -0.05) is 101 Å². The molecule has 0 amide bonds. The monoisotopic (exact) mass is 1410 g/mol. The van der Waals surface area contributed by atoms with Crippen molar-refractivity contribution >= 4 is 120 Å². The second-order valence-electron chi connectivity index (χ2n) is 21.9. The van der Waals surface area contributed by atoms with Crippen LogP contribution in [0.1, 0.15) is 148 Å². The lowest BCUT2D eigenvalue weighted by atomic mass is 9.36. The molecule has 0 heterocycles. The Morgan fingerprint density at radius 1 is 0.648 bits per heavy atom. The molecule has 0 radical (unpaired) electrons. The van der Waals surface area contributed by atoms with Gasteiger partial charge in [0, 0.05) is 38.5 Å². The van der Waals surface area contributed by atoms with Gasteiger partial charge in [0.2, 0.25) is 0 Å². The molecule has 4 aromatic rings. The predicted molar refractivity (Wildman–Crippen MR) is 307 cm³/mol. The average Bonchev–Trinajstić information content (AvgIpc) is 3.66. The molecule has 4 aliphatic rings. The van der Waals surface area contributed by atoms with Gasteiger partial charge in [-0.15, -0.1) is 0 Å². The summed E-state index contributed by atoms with van der Waals surface area (Å²) >= 11 is 8.52. The largest absolute Gasteiger partial charge is 0.458 e. The minimum atomic E-state index is -1.52. The maximum Gasteiger partial charge on any atom is 0.339 e. The highest BCUT2D eigenvalue weighted by Crippen LogP contribution is 2.74. The second kappa shape index (κ2) is 21.0. The Kier molecular flexibility index (Phi) is 16.1. The highest BCUT2D eigenvalue weighted by Gasteiger charge is 2.70. The van der Waals surface area contributed by atoms with Gasteiger partial charge in [0.25, 0.3) is 0 Å². The molecular weight excluding hydrogens is 1350 g/mol. The number of hydrogen-bond donors (Lipinski definition) is 0. The van der Waals surface area contributed by atoms with E-state index in [1.54, 1.807) is 50.2 Å². The molecule has 0 saturated heterocycles. The van der Waals surface area contributed by atoms with E-state index in [1.165, 1.54) is 11.1 Å². The SMILES string of the molecule is C[C@H](C[C@H](OC(=O)c1ccccc1I)[C@@H](OC(=O)c1ccccc1I)C(C)(C)OC(=O)c1ccccc1I)C1=C2C[C@H](OC(=O)c3ccccc3I)[C@H]3[C@@]4(C)CCC(=O)C(C)(C)[C@@H]4CC[C@]3(C)[C@@]2(C)CC1. The number of fused-ring (bicyclic) bond motifs is 5. The fourth-order valence-corrected chi connectivity index (χ4v) is 16.0. The lowest BCUT2D eigenvalue weighted by Gasteiger charge is -2.69. The number of carbonyl (C=O) groups excluding carboxylic acids is 5. The number of ether oxygens (including phenoxy) is 4. The number of allylic oxidation sites excluding steroid dienone is 1. The van der Waals surface area contributed by atoms with Crippen LogP contribution in [0.25, 0.3) is 0 Å². The number of carbonyl (C=O) groups is 5. The van der Waals surface area contributed by atoms with E-state index >= 15 is 0 Å². The van der Waals surface area contributed by atoms with Gasteiger partial charge in [0.15, 0.2) is 6.10 Å². The highest BCUT2D eigenvalue weighted by atomic mass is 127. The first-order chi connectivity index (χ1) is 33.4. The van der Waals surface area contributed by atoms with Crippen molar-refractivity contribution in [3.05, 3.63) is 145 Å². The van der Waals surface area contributed by atoms with E-state index in [9.17, 15) is 24.0 Å². The second-order valence-corrected chi connectivity index (χ2v) is 26.6. The molecule has 4 aliphatic carbocycles. The minimum Gasteiger partial charge on any atom is -0.458 e. The van der Waals surface area contributed by atoms with Crippen LogP contribution >= 0.6 is 90.4 Å². The zero-order valence-corrected chi connectivity index (χ0v) is 50.2. The van der Waals surface area contributed by atoms with Crippen LogP contribution in [0.2, 0.25) is 0 Å². The van der Waals surface area contributed by atoms with Crippen molar-refractivity contribution in [2.45, 2.75) is 131 Å². The number of hydrogen-bond acceptors (Lipinski definition) is 9. The Morgan fingerprint density at radius 2 is 1.13 bits per heavy atom. The first-order valence-corrected chi connectivity index (χ1v) is 28.9. The fraction of sp³-hybridized carbons (Fsp3) is 0.466. The van der Waals surface area contributed by atoms with Crippen molar-refractivity contribution in [3.63, 3.8) is 0 Å². The van der Waals surface area contributed by atoms with Gasteiger partial charge >= 0.3 is 23.9 Å². The molecule has 0 aliphatic heterocycles. The molecule has 71 heavy (non-hydrogen) atoms. The quantitative estimate of drug-likeness (QED) is 0.0557. The van der Waals surface area contributed by atoms with Gasteiger partial charge in [-0.05, 0) is 219 Å². The van der Waals surface area contributed by atoms with Crippen LogP contribution in [-0.2, 0) is 23.7 Å². The smallest absolute Gasteiger partial charge is 0.339 e. The van der Waals surface area contributed by atoms with E-state index in [0.717, 1.165) is 35.7 Å². The maximum absolute atomic E-state index is 14.5. The van der Waals surface area contributed by atoms with Crippen LogP contribution in [0.3, 0.4) is 0 Å². The lowest BCUT2D eigenvalue weighted by Crippen LogP contribution is -2.66. The Morgan fingerprint density at radius 3 is 1.65 bits per heavy atom. The van der Waals surface area contributed by atoms with E-state index in [0.29, 0.717) is 51.6 Å². The zero-order valence-electron chi connectivity index (χ0n) is 41.5. The maximum atomic E-state index is 14.5. The van der Waals surface area contributed by atoms with Gasteiger partial charge in [-0.25, -0.2) is 19.2 Å². The molecule has 3 saturated carbocycles. The van der Waals surface area contributed by atoms with Crippen molar-refractivity contribution < 1.29 is 42.9 Å². The third-order valence-electron chi connectivity index (χ3n) is 17.3. The van der Waals surface area contributed by atoms with E-state index in [4.69, 9.17) is 18.9 Å². The first-order valence-electron chi connectivity index (χ1n) is 24.5. The van der Waals surface area contributed by atoms with Gasteiger partial charge in [-0.3, -0.25) is 4.79 Å². The first kappa shape index (κ1) is 54.4. The number of rotatable bonds is 13. The summed E-state index contributed by atoms with van der Waals surface area (Å²) in [5.74, 6) is -2.00. The van der Waals surface area contributed by atoms with Crippen LogP contribution in [-0.4, -0.2) is 53.6 Å². The van der Waals surface area contributed by atoms with Crippen molar-refractivity contribution in [1.29, 1.82) is 0 Å². The average molecular weight is 1410 g/mol. The van der Waals surface area contributed by atoms with E-state index in [-0.39, 0.29) is 46.4 Å². The Bertz CT molecular complexity index is 2800. The molecule has 4 aromatic carbocycles. The van der Waals surface area contributed by atoms with Gasteiger partial charge in [-0.2, -0.15) is 0 Å². The standard InChI is InChI=1S/C58H62I4O9/c1-33(34-25-29-57(7)39(34)32-44(68-50(64)35-17-9-13-21-40(35)59)48-56(6)28-27-47(63)54(2,3)46(56)26-30-58(48,57)8)31-45(69-51(65)36-18-10-14-22-41(36)60)49(70-52(66)37-19-11-15-23-42(37)61)55(4,5)71-53(67)38-20-12-16-24-43(38)62/h9-24,33,44-46,48-49H,25-32H2,1-8H3/t33-,44+,45+,46+,48+,49-,56+,57+,58+/m1/s1. The predicted octanol–water partition coefficient (Wildman–Crippen LogP) is 14.7. The van der Waals surface area contributed by atoms with E-state index in [2.05, 4.69) is 132 Å². The molecule has 0 unspecified atom stereocenters. The molecule has 0 bridgehead atoms. The lowest BCUT2D eigenvalue weighted by molar-refractivity contribution is -0.208. The molecule has 376 valence electrons. The normalized spacial score (nSPS) is 27.0. The van der Waals surface area contributed by atoms with Crippen LogP contribution < -0.4 is 0 Å². The topological polar surface area (TPSA) is 122 Å². The number of Topliss-reactive ketones (excluding diaryl/α,β-unsaturated/α-hetero) is 1. The molecule has 0 aromatic heterocycles. The Balaban J connectivity index is 1.23. The summed E-state index contributed by atoms with van der Waals surface area (Å²) in [7, 11) is 0. The molecule has 0 spiro atoms. The summed E-state index contributed by atoms with van der Waals surface area (Å²) in [4.78, 5) is 71.2. The summed E-state index contributed by atoms with van der Waals surface area (Å²) in [6.07, 6.45) is 2.56. The molecule has 3 fully saturated rings. The van der Waals surface area contributed by atoms with Crippen molar-refractivity contribution in [2.24, 2.45) is 39.4 Å². The van der Waals surface area contributed by atoms with Crippen LogP contribution in [0.15, 0.2) is 108 Å². The summed E-state index contributed by atoms with van der Waals surface area (Å²) in [6, 6.07) is 28.9. The van der Waals surface area contributed by atoms with E-state index in [1.807, 2.05) is 60.7 Å².